The molecule has 0 bridgehead atoms. The van der Waals surface area contributed by atoms with E-state index in [1.807, 2.05) is 19.0 Å². The van der Waals surface area contributed by atoms with Gasteiger partial charge in [0, 0.05) is 17.8 Å². The summed E-state index contributed by atoms with van der Waals surface area (Å²) >= 11 is 0. The second-order valence-corrected chi connectivity index (χ2v) is 7.73. The maximum absolute atomic E-state index is 12.9. The molecule has 2 N–H and O–H groups in total. The molecule has 2 aromatic rings. The summed E-state index contributed by atoms with van der Waals surface area (Å²) in [6, 6.07) is 10.6. The van der Waals surface area contributed by atoms with Gasteiger partial charge < -0.3 is 10.2 Å². The van der Waals surface area contributed by atoms with E-state index in [0.717, 1.165) is 13.0 Å². The molecular weight excluding hydrogens is 357 g/mol. The largest absolute Gasteiger partial charge is 0.352 e. The monoisotopic (exact) mass is 379 g/mol. The summed E-state index contributed by atoms with van der Waals surface area (Å²) in [5, 5.41) is 2.79. The van der Waals surface area contributed by atoms with Crippen LogP contribution in [0.2, 0.25) is 0 Å². The van der Waals surface area contributed by atoms with Crippen LogP contribution in [0.3, 0.4) is 0 Å². The van der Waals surface area contributed by atoms with Crippen LogP contribution < -0.4 is 10.0 Å². The van der Waals surface area contributed by atoms with Crippen molar-refractivity contribution in [2.45, 2.75) is 11.3 Å². The Balaban J connectivity index is 1.99. The number of sulfonamides is 1. The van der Waals surface area contributed by atoms with Crippen LogP contribution in [0.5, 0.6) is 0 Å². The van der Waals surface area contributed by atoms with Crippen molar-refractivity contribution in [1.82, 2.24) is 10.2 Å². The van der Waals surface area contributed by atoms with Crippen molar-refractivity contribution in [3.63, 3.8) is 0 Å². The Bertz CT molecular complexity index is 835. The Hall–Kier alpha value is -2.45. The highest BCUT2D eigenvalue weighted by Gasteiger charge is 2.15. The Morgan fingerprint density at radius 1 is 1.04 bits per heavy atom. The van der Waals surface area contributed by atoms with Crippen LogP contribution in [0.4, 0.5) is 10.1 Å². The van der Waals surface area contributed by atoms with Gasteiger partial charge in [-0.05, 0) is 75.6 Å². The molecule has 2 rings (SSSR count). The van der Waals surface area contributed by atoms with Gasteiger partial charge in [-0.3, -0.25) is 9.52 Å². The number of halogens is 1. The van der Waals surface area contributed by atoms with Crippen LogP contribution in [0.1, 0.15) is 16.8 Å². The number of carbonyl (C=O) groups is 1. The van der Waals surface area contributed by atoms with Crippen LogP contribution in [-0.4, -0.2) is 46.4 Å². The molecule has 0 heterocycles. The normalized spacial score (nSPS) is 11.4. The molecule has 0 saturated heterocycles. The fourth-order valence-corrected chi connectivity index (χ4v) is 3.28. The summed E-state index contributed by atoms with van der Waals surface area (Å²) in [5.41, 5.74) is 0.643. The van der Waals surface area contributed by atoms with Crippen molar-refractivity contribution in [3.05, 3.63) is 59.9 Å². The highest BCUT2D eigenvalue weighted by molar-refractivity contribution is 7.92. The van der Waals surface area contributed by atoms with Crippen LogP contribution in [0.15, 0.2) is 53.4 Å². The molecule has 6 nitrogen and oxygen atoms in total. The van der Waals surface area contributed by atoms with Crippen molar-refractivity contribution in [3.8, 4) is 0 Å². The SMILES string of the molecule is CN(C)CCCNC(=O)c1ccc(S(=O)(=O)Nc2ccc(F)cc2)cc1. The lowest BCUT2D eigenvalue weighted by Crippen LogP contribution is -2.27. The summed E-state index contributed by atoms with van der Waals surface area (Å²) < 4.78 is 39.9. The van der Waals surface area contributed by atoms with Gasteiger partial charge >= 0.3 is 0 Å². The van der Waals surface area contributed by atoms with E-state index in [1.165, 1.54) is 48.5 Å². The van der Waals surface area contributed by atoms with Crippen LogP contribution in [0, 0.1) is 5.82 Å². The number of rotatable bonds is 8. The van der Waals surface area contributed by atoms with Crippen LogP contribution >= 0.6 is 0 Å². The zero-order chi connectivity index (χ0) is 19.2. The molecule has 0 radical (unpaired) electrons. The summed E-state index contributed by atoms with van der Waals surface area (Å²) in [6.45, 7) is 1.41. The average molecular weight is 379 g/mol. The summed E-state index contributed by atoms with van der Waals surface area (Å²) in [5.74, 6) is -0.701. The molecule has 1 amide bonds. The standard InChI is InChI=1S/C18H22FN3O3S/c1-22(2)13-3-12-20-18(23)14-4-10-17(11-5-14)26(24,25)21-16-8-6-15(19)7-9-16/h4-11,21H,3,12-13H2,1-2H3,(H,20,23). The number of hydrogen-bond acceptors (Lipinski definition) is 4. The van der Waals surface area contributed by atoms with Gasteiger partial charge in [0.2, 0.25) is 0 Å². The minimum Gasteiger partial charge on any atom is -0.352 e. The van der Waals surface area contributed by atoms with Crippen molar-refractivity contribution < 1.29 is 17.6 Å². The van der Waals surface area contributed by atoms with E-state index in [0.29, 0.717) is 12.1 Å². The molecule has 0 aliphatic carbocycles. The van der Waals surface area contributed by atoms with E-state index >= 15 is 0 Å². The van der Waals surface area contributed by atoms with Crippen molar-refractivity contribution in [2.75, 3.05) is 31.9 Å². The lowest BCUT2D eigenvalue weighted by Gasteiger charge is -2.11. The summed E-state index contributed by atoms with van der Waals surface area (Å²) in [4.78, 5) is 14.1. The first kappa shape index (κ1) is 19.9. The first-order chi connectivity index (χ1) is 12.3. The van der Waals surface area contributed by atoms with E-state index in [-0.39, 0.29) is 16.5 Å². The molecule has 0 spiro atoms. The molecule has 2 aromatic carbocycles. The number of benzene rings is 2. The van der Waals surface area contributed by atoms with E-state index in [9.17, 15) is 17.6 Å². The maximum Gasteiger partial charge on any atom is 0.261 e. The topological polar surface area (TPSA) is 78.5 Å². The number of anilines is 1. The molecule has 0 aliphatic heterocycles. The van der Waals surface area contributed by atoms with Gasteiger partial charge in [0.25, 0.3) is 15.9 Å². The van der Waals surface area contributed by atoms with Gasteiger partial charge in [-0.25, -0.2) is 12.8 Å². The smallest absolute Gasteiger partial charge is 0.261 e. The van der Waals surface area contributed by atoms with Crippen LogP contribution in [0.25, 0.3) is 0 Å². The first-order valence-corrected chi connectivity index (χ1v) is 9.57. The Morgan fingerprint density at radius 3 is 2.23 bits per heavy atom. The van der Waals surface area contributed by atoms with Crippen molar-refractivity contribution in [1.29, 1.82) is 0 Å². The second-order valence-electron chi connectivity index (χ2n) is 6.05. The fraction of sp³-hybridized carbons (Fsp3) is 0.278. The molecule has 26 heavy (non-hydrogen) atoms. The lowest BCUT2D eigenvalue weighted by molar-refractivity contribution is 0.0952. The van der Waals surface area contributed by atoms with Gasteiger partial charge in [0.1, 0.15) is 5.82 Å². The molecular formula is C18H22FN3O3S. The number of nitrogens with one attached hydrogen (secondary N) is 2. The first-order valence-electron chi connectivity index (χ1n) is 8.09. The highest BCUT2D eigenvalue weighted by Crippen LogP contribution is 2.17. The van der Waals surface area contributed by atoms with Crippen LogP contribution in [-0.2, 0) is 10.0 Å². The van der Waals surface area contributed by atoms with E-state index < -0.39 is 15.8 Å². The Morgan fingerprint density at radius 2 is 1.65 bits per heavy atom. The minimum atomic E-state index is -3.81. The fourth-order valence-electron chi connectivity index (χ4n) is 2.22. The van der Waals surface area contributed by atoms with Crippen molar-refractivity contribution in [2.24, 2.45) is 0 Å². The molecule has 140 valence electrons. The van der Waals surface area contributed by atoms with E-state index in [1.54, 1.807) is 0 Å². The van der Waals surface area contributed by atoms with Gasteiger partial charge in [0.15, 0.2) is 0 Å². The third kappa shape index (κ3) is 5.82. The molecule has 8 heteroatoms. The van der Waals surface area contributed by atoms with Gasteiger partial charge in [0.05, 0.1) is 4.90 Å². The average Bonchev–Trinajstić information content (AvgIpc) is 2.60. The zero-order valence-corrected chi connectivity index (χ0v) is 15.5. The number of amides is 1. The van der Waals surface area contributed by atoms with E-state index in [2.05, 4.69) is 10.0 Å². The lowest BCUT2D eigenvalue weighted by atomic mass is 10.2. The third-order valence-corrected chi connectivity index (χ3v) is 4.99. The highest BCUT2D eigenvalue weighted by atomic mass is 32.2. The second kappa shape index (κ2) is 8.77. The van der Waals surface area contributed by atoms with Gasteiger partial charge in [-0.1, -0.05) is 0 Å². The number of nitrogens with zero attached hydrogens (tertiary/aromatic N) is 1. The maximum atomic E-state index is 12.9. The Kier molecular flexibility index (Phi) is 6.70. The number of carbonyl (C=O) groups excluding carboxylic acids is 1. The van der Waals surface area contributed by atoms with E-state index in [4.69, 9.17) is 0 Å². The van der Waals surface area contributed by atoms with Gasteiger partial charge in [-0.2, -0.15) is 0 Å². The third-order valence-electron chi connectivity index (χ3n) is 3.59. The molecule has 0 aromatic heterocycles. The Labute approximate surface area is 153 Å². The molecule has 0 aliphatic rings. The number of hydrogen-bond donors (Lipinski definition) is 2. The molecule has 0 fully saturated rings. The quantitative estimate of drug-likeness (QED) is 0.690. The summed E-state index contributed by atoms with van der Waals surface area (Å²) in [6.07, 6.45) is 0.826. The van der Waals surface area contributed by atoms with Gasteiger partial charge in [-0.15, -0.1) is 0 Å². The zero-order valence-electron chi connectivity index (χ0n) is 14.7. The molecule has 0 atom stereocenters. The molecule has 0 unspecified atom stereocenters. The predicted molar refractivity (Wildman–Crippen MR) is 99.2 cm³/mol. The van der Waals surface area contributed by atoms with Crippen molar-refractivity contribution >= 4 is 21.6 Å². The summed E-state index contributed by atoms with van der Waals surface area (Å²) in [7, 11) is 0.110. The molecule has 0 saturated carbocycles. The minimum absolute atomic E-state index is 0.0194. The predicted octanol–water partition coefficient (Wildman–Crippen LogP) is 2.31.